The first kappa shape index (κ1) is 20.8. The van der Waals surface area contributed by atoms with E-state index in [0.717, 1.165) is 52.0 Å². The number of hydrogen-bond donors (Lipinski definition) is 1. The van der Waals surface area contributed by atoms with Crippen LogP contribution in [-0.2, 0) is 0 Å². The molecule has 3 aliphatic rings. The summed E-state index contributed by atoms with van der Waals surface area (Å²) >= 11 is 0. The summed E-state index contributed by atoms with van der Waals surface area (Å²) in [4.78, 5) is 17.3. The smallest absolute Gasteiger partial charge is 0.150 e. The SMILES string of the molecule is Nc1nccn2c(C3CC(N4CCCC4)C3)nc(-c3ccc4ccc(C5=CCCC=C5)nc4c3)c12. The van der Waals surface area contributed by atoms with Gasteiger partial charge in [0.15, 0.2) is 0 Å². The zero-order valence-corrected chi connectivity index (χ0v) is 19.9. The molecule has 1 aliphatic heterocycles. The first-order chi connectivity index (χ1) is 17.2. The number of nitrogen functional groups attached to an aromatic ring is 1. The van der Waals surface area contributed by atoms with Gasteiger partial charge in [-0.1, -0.05) is 36.4 Å². The number of hydrogen-bond acceptors (Lipinski definition) is 5. The lowest BCUT2D eigenvalue weighted by atomic mass is 9.79. The third-order valence-corrected chi connectivity index (χ3v) is 8.00. The van der Waals surface area contributed by atoms with Gasteiger partial charge < -0.3 is 10.6 Å². The maximum atomic E-state index is 6.42. The van der Waals surface area contributed by atoms with Crippen molar-refractivity contribution in [2.45, 2.75) is 50.5 Å². The summed E-state index contributed by atoms with van der Waals surface area (Å²) in [5.41, 5.74) is 12.5. The normalized spacial score (nSPS) is 22.6. The van der Waals surface area contributed by atoms with Crippen molar-refractivity contribution < 1.29 is 0 Å². The Morgan fingerprint density at radius 2 is 1.83 bits per heavy atom. The van der Waals surface area contributed by atoms with Gasteiger partial charge in [-0.2, -0.15) is 0 Å². The Hall–Kier alpha value is -3.51. The van der Waals surface area contributed by atoms with Crippen LogP contribution in [0, 0.1) is 0 Å². The Balaban J connectivity index is 1.28. The maximum absolute atomic E-state index is 6.42. The standard InChI is InChI=1S/C29H30N6/c30-28-27-26(21-9-8-20-10-11-24(32-25(20)18-21)19-6-2-1-3-7-19)33-29(35(27)15-12-31-28)22-16-23(17-22)34-13-4-5-14-34/h2,6-12,15,18,22-23H,1,3-5,13-14,16-17H2,(H2,30,31). The molecule has 0 radical (unpaired) electrons. The van der Waals surface area contributed by atoms with Crippen LogP contribution in [0.5, 0.6) is 0 Å². The minimum atomic E-state index is 0.457. The molecule has 4 heterocycles. The van der Waals surface area contributed by atoms with Gasteiger partial charge in [0.25, 0.3) is 0 Å². The second-order valence-electron chi connectivity index (χ2n) is 10.2. The summed E-state index contributed by atoms with van der Waals surface area (Å²) in [5, 5.41) is 1.13. The first-order valence-corrected chi connectivity index (χ1v) is 12.9. The molecule has 2 aliphatic carbocycles. The summed E-state index contributed by atoms with van der Waals surface area (Å²) in [6.45, 7) is 2.50. The fourth-order valence-corrected chi connectivity index (χ4v) is 6.01. The average molecular weight is 463 g/mol. The van der Waals surface area contributed by atoms with Crippen LogP contribution in [0.2, 0.25) is 0 Å². The Bertz CT molecular complexity index is 1480. The van der Waals surface area contributed by atoms with Gasteiger partial charge in [0.2, 0.25) is 0 Å². The highest BCUT2D eigenvalue weighted by Crippen LogP contribution is 2.42. The van der Waals surface area contributed by atoms with E-state index in [2.05, 4.69) is 62.8 Å². The van der Waals surface area contributed by atoms with E-state index in [4.69, 9.17) is 15.7 Å². The van der Waals surface area contributed by atoms with Crippen molar-refractivity contribution in [1.29, 1.82) is 0 Å². The number of aromatic nitrogens is 4. The topological polar surface area (TPSA) is 72.3 Å². The van der Waals surface area contributed by atoms with Gasteiger partial charge in [0.05, 0.1) is 11.2 Å². The molecule has 7 rings (SSSR count). The highest BCUT2D eigenvalue weighted by atomic mass is 15.2. The number of nitrogens with two attached hydrogens (primary N) is 1. The van der Waals surface area contributed by atoms with E-state index in [1.54, 1.807) is 6.20 Å². The predicted octanol–water partition coefficient (Wildman–Crippen LogP) is 5.60. The number of nitrogens with zero attached hydrogens (tertiary/aromatic N) is 5. The molecule has 6 nitrogen and oxygen atoms in total. The van der Waals surface area contributed by atoms with Gasteiger partial charge in [0.1, 0.15) is 22.9 Å². The van der Waals surface area contributed by atoms with Crippen molar-refractivity contribution in [3.63, 3.8) is 0 Å². The number of anilines is 1. The third kappa shape index (κ3) is 3.55. The zero-order chi connectivity index (χ0) is 23.4. The van der Waals surface area contributed by atoms with Crippen molar-refractivity contribution in [3.8, 4) is 11.3 Å². The van der Waals surface area contributed by atoms with Crippen LogP contribution in [0.15, 0.2) is 61.0 Å². The summed E-state index contributed by atoms with van der Waals surface area (Å²) < 4.78 is 2.17. The van der Waals surface area contributed by atoms with E-state index in [0.29, 0.717) is 17.8 Å². The molecule has 1 saturated carbocycles. The number of pyridine rings is 1. The number of fused-ring (bicyclic) bond motifs is 2. The minimum absolute atomic E-state index is 0.457. The number of allylic oxidation sites excluding steroid dienone is 4. The van der Waals surface area contributed by atoms with Crippen LogP contribution in [0.3, 0.4) is 0 Å². The summed E-state index contributed by atoms with van der Waals surface area (Å²) in [5.74, 6) is 2.09. The molecule has 2 N–H and O–H groups in total. The zero-order valence-electron chi connectivity index (χ0n) is 19.9. The van der Waals surface area contributed by atoms with Crippen molar-refractivity contribution in [2.75, 3.05) is 18.8 Å². The van der Waals surface area contributed by atoms with E-state index in [1.807, 2.05) is 6.20 Å². The second kappa shape index (κ2) is 8.31. The Morgan fingerprint density at radius 3 is 2.66 bits per heavy atom. The lowest BCUT2D eigenvalue weighted by Crippen LogP contribution is -2.42. The van der Waals surface area contributed by atoms with Crippen LogP contribution in [0.25, 0.3) is 33.3 Å². The Labute approximate surface area is 205 Å². The predicted molar refractivity (Wildman–Crippen MR) is 141 cm³/mol. The average Bonchev–Trinajstić information content (AvgIpc) is 3.53. The van der Waals surface area contributed by atoms with Gasteiger partial charge >= 0.3 is 0 Å². The van der Waals surface area contributed by atoms with Crippen LogP contribution in [-0.4, -0.2) is 43.4 Å². The molecular weight excluding hydrogens is 432 g/mol. The highest BCUT2D eigenvalue weighted by molar-refractivity contribution is 5.91. The molecule has 0 spiro atoms. The molecular formula is C29H30N6. The second-order valence-corrected chi connectivity index (χ2v) is 10.2. The van der Waals surface area contributed by atoms with Gasteiger partial charge in [-0.15, -0.1) is 0 Å². The van der Waals surface area contributed by atoms with Gasteiger partial charge in [-0.05, 0) is 69.3 Å². The van der Waals surface area contributed by atoms with E-state index >= 15 is 0 Å². The summed E-state index contributed by atoms with van der Waals surface area (Å²) in [6.07, 6.45) is 17.7. The van der Waals surface area contributed by atoms with Gasteiger partial charge in [-0.3, -0.25) is 4.40 Å². The highest BCUT2D eigenvalue weighted by Gasteiger charge is 2.38. The molecule has 0 atom stereocenters. The van der Waals surface area contributed by atoms with Crippen LogP contribution < -0.4 is 5.73 Å². The lowest BCUT2D eigenvalue weighted by molar-refractivity contribution is 0.132. The molecule has 0 bridgehead atoms. The van der Waals surface area contributed by atoms with E-state index in [1.165, 1.54) is 44.3 Å². The number of likely N-dealkylation sites (tertiary alicyclic amines) is 1. The van der Waals surface area contributed by atoms with Crippen molar-refractivity contribution in [1.82, 2.24) is 24.3 Å². The minimum Gasteiger partial charge on any atom is -0.382 e. The molecule has 1 saturated heterocycles. The molecule has 4 aromatic rings. The molecule has 0 amide bonds. The van der Waals surface area contributed by atoms with Crippen LogP contribution >= 0.6 is 0 Å². The molecule has 3 aromatic heterocycles. The maximum Gasteiger partial charge on any atom is 0.150 e. The largest absolute Gasteiger partial charge is 0.382 e. The van der Waals surface area contributed by atoms with Crippen LogP contribution in [0.1, 0.15) is 56.0 Å². The Kier molecular flexibility index (Phi) is 4.94. The first-order valence-electron chi connectivity index (χ1n) is 12.9. The van der Waals surface area contributed by atoms with Crippen molar-refractivity contribution in [2.24, 2.45) is 0 Å². The van der Waals surface area contributed by atoms with E-state index in [9.17, 15) is 0 Å². The summed E-state index contributed by atoms with van der Waals surface area (Å²) in [6, 6.07) is 11.4. The fourth-order valence-electron chi connectivity index (χ4n) is 6.01. The van der Waals surface area contributed by atoms with Crippen molar-refractivity contribution in [3.05, 3.63) is 72.5 Å². The Morgan fingerprint density at radius 1 is 0.971 bits per heavy atom. The number of benzene rings is 1. The monoisotopic (exact) mass is 462 g/mol. The molecule has 1 aromatic carbocycles. The quantitative estimate of drug-likeness (QED) is 0.427. The van der Waals surface area contributed by atoms with E-state index < -0.39 is 0 Å². The number of rotatable bonds is 4. The molecule has 35 heavy (non-hydrogen) atoms. The molecule has 2 fully saturated rings. The number of imidazole rings is 1. The van der Waals surface area contributed by atoms with Gasteiger partial charge in [0, 0.05) is 35.3 Å². The third-order valence-electron chi connectivity index (χ3n) is 8.00. The fraction of sp³-hybridized carbons (Fsp3) is 0.345. The van der Waals surface area contributed by atoms with Crippen LogP contribution in [0.4, 0.5) is 5.82 Å². The molecule has 0 unspecified atom stereocenters. The van der Waals surface area contributed by atoms with Crippen molar-refractivity contribution >= 4 is 27.8 Å². The van der Waals surface area contributed by atoms with E-state index in [-0.39, 0.29) is 0 Å². The molecule has 6 heteroatoms. The summed E-state index contributed by atoms with van der Waals surface area (Å²) in [7, 11) is 0. The lowest BCUT2D eigenvalue weighted by Gasteiger charge is -2.40. The molecule has 176 valence electrons. The van der Waals surface area contributed by atoms with Gasteiger partial charge in [-0.25, -0.2) is 15.0 Å².